The maximum Gasteiger partial charge on any atom is 0.250 e. The Hall–Kier alpha value is -1.53. The van der Waals surface area contributed by atoms with Gasteiger partial charge in [0.25, 0.3) is 5.91 Å². The molecule has 2 atom stereocenters. The van der Waals surface area contributed by atoms with Gasteiger partial charge in [0.1, 0.15) is 17.7 Å². The second-order valence-electron chi connectivity index (χ2n) is 4.27. The standard InChI is InChI=1S/C13H18F2N2O2/c1-8(17-13(18)12(7-16)19-2)6-9-10(14)4-3-5-11(9)15/h3-5,8,12H,6-7,16H2,1-2H3,(H,17,18). The minimum atomic E-state index is -0.757. The summed E-state index contributed by atoms with van der Waals surface area (Å²) in [6, 6.07) is 3.24. The molecule has 4 nitrogen and oxygen atoms in total. The Kier molecular flexibility index (Phi) is 5.85. The van der Waals surface area contributed by atoms with Crippen LogP contribution in [0.5, 0.6) is 0 Å². The molecule has 19 heavy (non-hydrogen) atoms. The van der Waals surface area contributed by atoms with Crippen LogP contribution in [0.25, 0.3) is 0 Å². The normalized spacial score (nSPS) is 13.9. The second kappa shape index (κ2) is 7.16. The molecule has 6 heteroatoms. The third-order valence-electron chi connectivity index (χ3n) is 2.75. The van der Waals surface area contributed by atoms with E-state index < -0.39 is 29.7 Å². The first kappa shape index (κ1) is 15.5. The van der Waals surface area contributed by atoms with Crippen molar-refractivity contribution in [2.75, 3.05) is 13.7 Å². The molecular formula is C13H18F2N2O2. The number of carbonyl (C=O) groups is 1. The van der Waals surface area contributed by atoms with Crippen molar-refractivity contribution in [1.29, 1.82) is 0 Å². The lowest BCUT2D eigenvalue weighted by Crippen LogP contribution is -2.45. The monoisotopic (exact) mass is 272 g/mol. The number of nitrogens with one attached hydrogen (secondary N) is 1. The van der Waals surface area contributed by atoms with Crippen LogP contribution in [0.15, 0.2) is 18.2 Å². The third-order valence-corrected chi connectivity index (χ3v) is 2.75. The van der Waals surface area contributed by atoms with Crippen molar-refractivity contribution < 1.29 is 18.3 Å². The van der Waals surface area contributed by atoms with E-state index in [-0.39, 0.29) is 18.5 Å². The van der Waals surface area contributed by atoms with Crippen LogP contribution in [0.1, 0.15) is 12.5 Å². The molecule has 3 N–H and O–H groups in total. The summed E-state index contributed by atoms with van der Waals surface area (Å²) in [5.74, 6) is -1.64. The molecular weight excluding hydrogens is 254 g/mol. The number of carbonyl (C=O) groups excluding carboxylic acids is 1. The predicted molar refractivity (Wildman–Crippen MR) is 67.5 cm³/mol. The van der Waals surface area contributed by atoms with Crippen LogP contribution in [0.2, 0.25) is 0 Å². The van der Waals surface area contributed by atoms with Gasteiger partial charge in [-0.15, -0.1) is 0 Å². The molecule has 106 valence electrons. The van der Waals surface area contributed by atoms with Gasteiger partial charge in [0, 0.05) is 25.3 Å². The molecule has 0 saturated heterocycles. The molecule has 0 saturated carbocycles. The highest BCUT2D eigenvalue weighted by atomic mass is 19.1. The largest absolute Gasteiger partial charge is 0.370 e. The topological polar surface area (TPSA) is 64.3 Å². The molecule has 0 heterocycles. The summed E-state index contributed by atoms with van der Waals surface area (Å²) in [7, 11) is 1.37. The second-order valence-corrected chi connectivity index (χ2v) is 4.27. The van der Waals surface area contributed by atoms with E-state index >= 15 is 0 Å². The number of amides is 1. The zero-order valence-corrected chi connectivity index (χ0v) is 11.0. The Morgan fingerprint density at radius 2 is 2.00 bits per heavy atom. The van der Waals surface area contributed by atoms with Crippen molar-refractivity contribution in [3.05, 3.63) is 35.4 Å². The Bertz CT molecular complexity index is 416. The highest BCUT2D eigenvalue weighted by Gasteiger charge is 2.19. The minimum absolute atomic E-state index is 0.0444. The van der Waals surface area contributed by atoms with Crippen LogP contribution in [-0.2, 0) is 16.0 Å². The van der Waals surface area contributed by atoms with Gasteiger partial charge in [-0.1, -0.05) is 6.07 Å². The minimum Gasteiger partial charge on any atom is -0.370 e. The average molecular weight is 272 g/mol. The van der Waals surface area contributed by atoms with E-state index in [2.05, 4.69) is 5.32 Å². The van der Waals surface area contributed by atoms with Crippen LogP contribution >= 0.6 is 0 Å². The highest BCUT2D eigenvalue weighted by Crippen LogP contribution is 2.14. The first-order valence-electron chi connectivity index (χ1n) is 5.95. The van der Waals surface area contributed by atoms with E-state index in [0.29, 0.717) is 0 Å². The van der Waals surface area contributed by atoms with Gasteiger partial charge in [-0.2, -0.15) is 0 Å². The molecule has 0 bridgehead atoms. The molecule has 2 unspecified atom stereocenters. The molecule has 1 aromatic carbocycles. The van der Waals surface area contributed by atoms with Gasteiger partial charge in [0.15, 0.2) is 0 Å². The Labute approximate surface area is 110 Å². The number of rotatable bonds is 6. The van der Waals surface area contributed by atoms with E-state index in [1.54, 1.807) is 6.92 Å². The lowest BCUT2D eigenvalue weighted by atomic mass is 10.1. The summed E-state index contributed by atoms with van der Waals surface area (Å²) < 4.78 is 31.8. The number of hydrogen-bond acceptors (Lipinski definition) is 3. The van der Waals surface area contributed by atoms with Gasteiger partial charge in [0.2, 0.25) is 0 Å². The predicted octanol–water partition coefficient (Wildman–Crippen LogP) is 0.986. The maximum absolute atomic E-state index is 13.4. The summed E-state index contributed by atoms with van der Waals surface area (Å²) in [6.07, 6.45) is -0.696. The number of ether oxygens (including phenoxy) is 1. The average Bonchev–Trinajstić information content (AvgIpc) is 2.35. The van der Waals surface area contributed by atoms with E-state index in [0.717, 1.165) is 0 Å². The number of nitrogens with two attached hydrogens (primary N) is 1. The number of hydrogen-bond donors (Lipinski definition) is 2. The van der Waals surface area contributed by atoms with Crippen molar-refractivity contribution in [3.8, 4) is 0 Å². The van der Waals surface area contributed by atoms with Crippen LogP contribution in [0, 0.1) is 11.6 Å². The van der Waals surface area contributed by atoms with Crippen molar-refractivity contribution in [1.82, 2.24) is 5.32 Å². The van der Waals surface area contributed by atoms with Gasteiger partial charge in [-0.05, 0) is 25.5 Å². The quantitative estimate of drug-likeness (QED) is 0.811. The Morgan fingerprint density at radius 3 is 2.47 bits per heavy atom. The zero-order valence-electron chi connectivity index (χ0n) is 11.0. The van der Waals surface area contributed by atoms with Crippen molar-refractivity contribution in [3.63, 3.8) is 0 Å². The molecule has 0 radical (unpaired) electrons. The molecule has 0 aliphatic carbocycles. The summed E-state index contributed by atoms with van der Waals surface area (Å²) in [6.45, 7) is 1.70. The third kappa shape index (κ3) is 4.25. The van der Waals surface area contributed by atoms with E-state index in [4.69, 9.17) is 10.5 Å². The zero-order chi connectivity index (χ0) is 14.4. The SMILES string of the molecule is COC(CN)C(=O)NC(C)Cc1c(F)cccc1F. The van der Waals surface area contributed by atoms with Crippen molar-refractivity contribution in [2.24, 2.45) is 5.73 Å². The highest BCUT2D eigenvalue weighted by molar-refractivity contribution is 5.81. The summed E-state index contributed by atoms with van der Waals surface area (Å²) >= 11 is 0. The Morgan fingerprint density at radius 1 is 1.42 bits per heavy atom. The van der Waals surface area contributed by atoms with E-state index in [1.165, 1.54) is 25.3 Å². The lowest BCUT2D eigenvalue weighted by Gasteiger charge is -2.18. The first-order valence-corrected chi connectivity index (χ1v) is 5.95. The first-order chi connectivity index (χ1) is 8.99. The molecule has 1 amide bonds. The fourth-order valence-corrected chi connectivity index (χ4v) is 1.73. The van der Waals surface area contributed by atoms with Crippen LogP contribution in [0.3, 0.4) is 0 Å². The van der Waals surface area contributed by atoms with E-state index in [1.807, 2.05) is 0 Å². The lowest BCUT2D eigenvalue weighted by molar-refractivity contribution is -0.131. The smallest absolute Gasteiger partial charge is 0.250 e. The fourth-order valence-electron chi connectivity index (χ4n) is 1.73. The van der Waals surface area contributed by atoms with Crippen molar-refractivity contribution in [2.45, 2.75) is 25.5 Å². The van der Waals surface area contributed by atoms with Gasteiger partial charge < -0.3 is 15.8 Å². The number of halogens is 2. The molecule has 0 fully saturated rings. The van der Waals surface area contributed by atoms with Gasteiger partial charge >= 0.3 is 0 Å². The molecule has 1 rings (SSSR count). The van der Waals surface area contributed by atoms with Gasteiger partial charge in [-0.25, -0.2) is 8.78 Å². The molecule has 1 aromatic rings. The maximum atomic E-state index is 13.4. The van der Waals surface area contributed by atoms with Crippen LogP contribution in [-0.4, -0.2) is 31.7 Å². The van der Waals surface area contributed by atoms with Crippen LogP contribution in [0.4, 0.5) is 8.78 Å². The Balaban J connectivity index is 2.65. The molecule has 0 aromatic heterocycles. The number of benzene rings is 1. The van der Waals surface area contributed by atoms with Gasteiger partial charge in [-0.3, -0.25) is 4.79 Å². The number of methoxy groups -OCH3 is 1. The molecule has 0 aliphatic rings. The van der Waals surface area contributed by atoms with Gasteiger partial charge in [0.05, 0.1) is 0 Å². The summed E-state index contributed by atoms with van der Waals surface area (Å²) in [5, 5.41) is 2.61. The van der Waals surface area contributed by atoms with Crippen LogP contribution < -0.4 is 11.1 Å². The molecule has 0 aliphatic heterocycles. The fraction of sp³-hybridized carbons (Fsp3) is 0.462. The summed E-state index contributed by atoms with van der Waals surface area (Å²) in [4.78, 5) is 11.7. The summed E-state index contributed by atoms with van der Waals surface area (Å²) in [5.41, 5.74) is 5.31. The van der Waals surface area contributed by atoms with E-state index in [9.17, 15) is 13.6 Å². The van der Waals surface area contributed by atoms with Crippen molar-refractivity contribution >= 4 is 5.91 Å². The molecule has 0 spiro atoms.